The van der Waals surface area contributed by atoms with Crippen molar-refractivity contribution in [2.45, 2.75) is 18.9 Å². The van der Waals surface area contributed by atoms with E-state index in [1.54, 1.807) is 0 Å². The summed E-state index contributed by atoms with van der Waals surface area (Å²) in [7, 11) is 0. The predicted octanol–water partition coefficient (Wildman–Crippen LogP) is 4.49. The highest BCUT2D eigenvalue weighted by Gasteiger charge is 2.19. The van der Waals surface area contributed by atoms with Crippen molar-refractivity contribution in [2.75, 3.05) is 13.1 Å². The summed E-state index contributed by atoms with van der Waals surface area (Å²) in [5, 5.41) is 15.9. The number of benzene rings is 2. The van der Waals surface area contributed by atoms with Crippen molar-refractivity contribution < 1.29 is 5.11 Å². The van der Waals surface area contributed by atoms with Crippen LogP contribution in [-0.4, -0.2) is 22.8 Å². The molecule has 24 heavy (non-hydrogen) atoms. The monoisotopic (exact) mass is 317 g/mol. The zero-order chi connectivity index (χ0) is 16.5. The second-order valence-electron chi connectivity index (χ2n) is 6.30. The summed E-state index contributed by atoms with van der Waals surface area (Å²) in [5.74, 6) is 0.367. The number of aromatic nitrogens is 1. The largest absolute Gasteiger partial charge is 0.494 e. The van der Waals surface area contributed by atoms with Crippen molar-refractivity contribution in [1.29, 1.82) is 0 Å². The number of rotatable bonds is 2. The molecule has 4 rings (SSSR count). The highest BCUT2D eigenvalue weighted by Crippen LogP contribution is 2.35. The maximum Gasteiger partial charge on any atom is 0.199 e. The lowest BCUT2D eigenvalue weighted by molar-refractivity contribution is 0.326. The Morgan fingerprint density at radius 3 is 2.46 bits per heavy atom. The van der Waals surface area contributed by atoms with Crippen molar-refractivity contribution >= 4 is 16.5 Å². The van der Waals surface area contributed by atoms with Gasteiger partial charge in [-0.05, 0) is 49.2 Å². The van der Waals surface area contributed by atoms with Crippen LogP contribution in [0.1, 0.15) is 18.9 Å². The van der Waals surface area contributed by atoms with Crippen LogP contribution in [0.25, 0.3) is 26.7 Å². The Balaban J connectivity index is 1.73. The van der Waals surface area contributed by atoms with Gasteiger partial charge < -0.3 is 15.0 Å². The van der Waals surface area contributed by atoms with Crippen LogP contribution in [0, 0.1) is 6.57 Å². The van der Waals surface area contributed by atoms with Gasteiger partial charge in [0.2, 0.25) is 0 Å². The Kier molecular flexibility index (Phi) is 3.72. The molecule has 2 N–H and O–H groups in total. The topological polar surface area (TPSA) is 41.5 Å². The van der Waals surface area contributed by atoms with E-state index < -0.39 is 0 Å². The van der Waals surface area contributed by atoms with Gasteiger partial charge >= 0.3 is 0 Å². The smallest absolute Gasteiger partial charge is 0.199 e. The molecule has 2 heterocycles. The van der Waals surface area contributed by atoms with Gasteiger partial charge in [-0.15, -0.1) is 0 Å². The lowest BCUT2D eigenvalue weighted by Gasteiger charge is -2.24. The molecule has 3 aromatic rings. The van der Waals surface area contributed by atoms with E-state index in [-0.39, 0.29) is 0 Å². The zero-order valence-electron chi connectivity index (χ0n) is 13.4. The standard InChI is InChI=1S/C20H19N3O/c1-21-17-5-2-14(3-6-17)15-4-7-19-16(12-15)13-23(20(19)24)18-8-10-22-11-9-18/h2-7,12-13,18,22,24H,8-11H2. The third-order valence-electron chi connectivity index (χ3n) is 4.85. The second kappa shape index (κ2) is 6.03. The minimum absolute atomic E-state index is 0.361. The first-order valence-corrected chi connectivity index (χ1v) is 8.28. The van der Waals surface area contributed by atoms with Crippen LogP contribution < -0.4 is 5.32 Å². The Morgan fingerprint density at radius 1 is 1.04 bits per heavy atom. The summed E-state index contributed by atoms with van der Waals surface area (Å²) in [5.41, 5.74) is 2.83. The van der Waals surface area contributed by atoms with Gasteiger partial charge in [0.1, 0.15) is 0 Å². The maximum absolute atomic E-state index is 10.6. The summed E-state index contributed by atoms with van der Waals surface area (Å²) in [6.45, 7) is 9.03. The molecule has 1 saturated heterocycles. The van der Waals surface area contributed by atoms with Crippen LogP contribution in [-0.2, 0) is 0 Å². The van der Waals surface area contributed by atoms with Crippen LogP contribution in [0.2, 0.25) is 0 Å². The normalized spacial score (nSPS) is 15.5. The number of nitrogens with one attached hydrogen (secondary N) is 1. The summed E-state index contributed by atoms with van der Waals surface area (Å²) in [4.78, 5) is 3.43. The van der Waals surface area contributed by atoms with Crippen LogP contribution >= 0.6 is 0 Å². The van der Waals surface area contributed by atoms with Crippen molar-refractivity contribution in [3.63, 3.8) is 0 Å². The molecule has 0 atom stereocenters. The summed E-state index contributed by atoms with van der Waals surface area (Å²) in [6, 6.07) is 14.1. The average Bonchev–Trinajstić information content (AvgIpc) is 2.99. The number of piperidine rings is 1. The minimum Gasteiger partial charge on any atom is -0.494 e. The van der Waals surface area contributed by atoms with Gasteiger partial charge in [-0.1, -0.05) is 30.3 Å². The van der Waals surface area contributed by atoms with Gasteiger partial charge in [0.25, 0.3) is 0 Å². The molecule has 0 aliphatic carbocycles. The summed E-state index contributed by atoms with van der Waals surface area (Å²) in [6.07, 6.45) is 4.15. The van der Waals surface area contributed by atoms with Crippen molar-refractivity contribution in [3.05, 3.63) is 60.1 Å². The Labute approximate surface area is 141 Å². The highest BCUT2D eigenvalue weighted by molar-refractivity contribution is 5.91. The third-order valence-corrected chi connectivity index (χ3v) is 4.85. The van der Waals surface area contributed by atoms with E-state index in [1.807, 2.05) is 41.0 Å². The average molecular weight is 317 g/mol. The molecular formula is C20H19N3O. The lowest BCUT2D eigenvalue weighted by atomic mass is 10.0. The van der Waals surface area contributed by atoms with E-state index in [0.717, 1.165) is 47.8 Å². The number of fused-ring (bicyclic) bond motifs is 1. The number of aromatic hydroxyl groups is 1. The van der Waals surface area contributed by atoms with E-state index in [9.17, 15) is 5.11 Å². The fraction of sp³-hybridized carbons (Fsp3) is 0.250. The molecule has 0 amide bonds. The third kappa shape index (κ3) is 2.53. The summed E-state index contributed by atoms with van der Waals surface area (Å²) >= 11 is 0. The van der Waals surface area contributed by atoms with E-state index in [2.05, 4.69) is 22.4 Å². The molecule has 1 aromatic heterocycles. The quantitative estimate of drug-likeness (QED) is 0.684. The van der Waals surface area contributed by atoms with Gasteiger partial charge in [0.05, 0.1) is 6.57 Å². The molecule has 0 unspecified atom stereocenters. The molecule has 0 radical (unpaired) electrons. The summed E-state index contributed by atoms with van der Waals surface area (Å²) < 4.78 is 2.03. The minimum atomic E-state index is 0.361. The van der Waals surface area contributed by atoms with Gasteiger partial charge in [0.15, 0.2) is 11.6 Å². The molecule has 0 spiro atoms. The van der Waals surface area contributed by atoms with Crippen LogP contribution in [0.4, 0.5) is 5.69 Å². The molecule has 1 fully saturated rings. The molecule has 4 heteroatoms. The highest BCUT2D eigenvalue weighted by atomic mass is 16.3. The predicted molar refractivity (Wildman–Crippen MR) is 96.4 cm³/mol. The number of hydrogen-bond acceptors (Lipinski definition) is 2. The van der Waals surface area contributed by atoms with Crippen LogP contribution in [0.3, 0.4) is 0 Å². The molecule has 2 aromatic carbocycles. The van der Waals surface area contributed by atoms with E-state index in [0.29, 0.717) is 17.6 Å². The molecule has 1 aliphatic heterocycles. The molecular weight excluding hydrogens is 298 g/mol. The van der Waals surface area contributed by atoms with Gasteiger partial charge in [-0.3, -0.25) is 0 Å². The van der Waals surface area contributed by atoms with Crippen molar-refractivity contribution in [2.24, 2.45) is 0 Å². The van der Waals surface area contributed by atoms with Gasteiger partial charge in [0, 0.05) is 23.0 Å². The second-order valence-corrected chi connectivity index (χ2v) is 6.30. The molecule has 0 bridgehead atoms. The number of hydrogen-bond donors (Lipinski definition) is 2. The van der Waals surface area contributed by atoms with Crippen molar-refractivity contribution in [3.8, 4) is 17.0 Å². The maximum atomic E-state index is 10.6. The van der Waals surface area contributed by atoms with E-state index in [4.69, 9.17) is 6.57 Å². The Morgan fingerprint density at radius 2 is 1.75 bits per heavy atom. The molecule has 0 saturated carbocycles. The SMILES string of the molecule is [C-]#[N+]c1ccc(-c2ccc3c(O)n(C4CCNCC4)cc3c2)cc1. The Hall–Kier alpha value is -2.77. The van der Waals surface area contributed by atoms with Gasteiger partial charge in [-0.25, -0.2) is 4.85 Å². The van der Waals surface area contributed by atoms with Crippen LogP contribution in [0.5, 0.6) is 5.88 Å². The molecule has 4 nitrogen and oxygen atoms in total. The lowest BCUT2D eigenvalue weighted by Crippen LogP contribution is -2.29. The molecule has 120 valence electrons. The first-order chi connectivity index (χ1) is 11.8. The Bertz CT molecular complexity index is 912. The first kappa shape index (κ1) is 14.8. The van der Waals surface area contributed by atoms with E-state index >= 15 is 0 Å². The van der Waals surface area contributed by atoms with E-state index in [1.165, 1.54) is 0 Å². The zero-order valence-corrected chi connectivity index (χ0v) is 13.4. The first-order valence-electron chi connectivity index (χ1n) is 8.28. The van der Waals surface area contributed by atoms with Gasteiger partial charge in [-0.2, -0.15) is 0 Å². The molecule has 1 aliphatic rings. The fourth-order valence-electron chi connectivity index (χ4n) is 3.49. The van der Waals surface area contributed by atoms with Crippen molar-refractivity contribution in [1.82, 2.24) is 9.88 Å². The fourth-order valence-corrected chi connectivity index (χ4v) is 3.49. The number of nitrogens with zero attached hydrogens (tertiary/aromatic N) is 2. The van der Waals surface area contributed by atoms with Crippen LogP contribution in [0.15, 0.2) is 48.7 Å².